The molecule has 0 aliphatic heterocycles. The molecule has 2 aromatic rings. The fourth-order valence-corrected chi connectivity index (χ4v) is 1.72. The van der Waals surface area contributed by atoms with Gasteiger partial charge >= 0.3 is 0 Å². The number of aryl methyl sites for hydroxylation is 2. The smallest absolute Gasteiger partial charge is 0.240 e. The molecule has 0 aromatic carbocycles. The van der Waals surface area contributed by atoms with Gasteiger partial charge in [0.25, 0.3) is 0 Å². The van der Waals surface area contributed by atoms with Gasteiger partial charge in [0.2, 0.25) is 5.89 Å². The minimum absolute atomic E-state index is 0.611. The molecule has 5 nitrogen and oxygen atoms in total. The SMILES string of the molecule is CCCn1ccc(CNCc2nc(C)no2)c1. The van der Waals surface area contributed by atoms with Crippen LogP contribution in [0.15, 0.2) is 23.0 Å². The van der Waals surface area contributed by atoms with E-state index < -0.39 is 0 Å². The van der Waals surface area contributed by atoms with Gasteiger partial charge in [-0.05, 0) is 25.0 Å². The van der Waals surface area contributed by atoms with E-state index in [-0.39, 0.29) is 0 Å². The lowest BCUT2D eigenvalue weighted by Crippen LogP contribution is -2.12. The lowest BCUT2D eigenvalue weighted by Gasteiger charge is -1.99. The summed E-state index contributed by atoms with van der Waals surface area (Å²) in [5.41, 5.74) is 1.27. The summed E-state index contributed by atoms with van der Waals surface area (Å²) in [5, 5.41) is 7.02. The summed E-state index contributed by atoms with van der Waals surface area (Å²) in [4.78, 5) is 4.13. The maximum atomic E-state index is 5.02. The molecule has 2 rings (SSSR count). The zero-order valence-electron chi connectivity index (χ0n) is 10.3. The Bertz CT molecular complexity index is 461. The Morgan fingerprint density at radius 2 is 2.29 bits per heavy atom. The van der Waals surface area contributed by atoms with Crippen molar-refractivity contribution in [3.05, 3.63) is 35.7 Å². The zero-order valence-corrected chi connectivity index (χ0v) is 10.3. The molecule has 0 unspecified atom stereocenters. The Kier molecular flexibility index (Phi) is 3.93. The van der Waals surface area contributed by atoms with Crippen LogP contribution >= 0.6 is 0 Å². The zero-order chi connectivity index (χ0) is 12.1. The largest absolute Gasteiger partial charge is 0.354 e. The van der Waals surface area contributed by atoms with Gasteiger partial charge in [-0.25, -0.2) is 0 Å². The van der Waals surface area contributed by atoms with Gasteiger partial charge in [0.15, 0.2) is 5.82 Å². The maximum absolute atomic E-state index is 5.02. The first-order valence-corrected chi connectivity index (χ1v) is 5.92. The van der Waals surface area contributed by atoms with Crippen LogP contribution < -0.4 is 5.32 Å². The Hall–Kier alpha value is -1.62. The summed E-state index contributed by atoms with van der Waals surface area (Å²) in [5.74, 6) is 1.31. The van der Waals surface area contributed by atoms with E-state index in [4.69, 9.17) is 4.52 Å². The molecule has 2 aromatic heterocycles. The number of nitrogens with zero attached hydrogens (tertiary/aromatic N) is 3. The van der Waals surface area contributed by atoms with E-state index in [1.165, 1.54) is 5.56 Å². The molecular weight excluding hydrogens is 216 g/mol. The summed E-state index contributed by atoms with van der Waals surface area (Å²) in [6.45, 7) is 6.49. The molecule has 0 aliphatic rings. The van der Waals surface area contributed by atoms with Crippen molar-refractivity contribution in [3.8, 4) is 0 Å². The highest BCUT2D eigenvalue weighted by Crippen LogP contribution is 2.03. The van der Waals surface area contributed by atoms with E-state index in [2.05, 4.69) is 45.4 Å². The lowest BCUT2D eigenvalue weighted by atomic mass is 10.3. The van der Waals surface area contributed by atoms with E-state index in [1.807, 2.05) is 6.92 Å². The summed E-state index contributed by atoms with van der Waals surface area (Å²) in [6, 6.07) is 2.13. The molecule has 92 valence electrons. The van der Waals surface area contributed by atoms with Gasteiger partial charge in [-0.15, -0.1) is 0 Å². The third-order valence-corrected chi connectivity index (χ3v) is 2.47. The summed E-state index contributed by atoms with van der Waals surface area (Å²) in [7, 11) is 0. The van der Waals surface area contributed by atoms with E-state index in [9.17, 15) is 0 Å². The molecule has 2 heterocycles. The number of hydrogen-bond acceptors (Lipinski definition) is 4. The van der Waals surface area contributed by atoms with E-state index in [0.29, 0.717) is 18.3 Å². The quantitative estimate of drug-likeness (QED) is 0.829. The summed E-state index contributed by atoms with van der Waals surface area (Å²) < 4.78 is 7.22. The van der Waals surface area contributed by atoms with Crippen molar-refractivity contribution in [1.82, 2.24) is 20.0 Å². The highest BCUT2D eigenvalue weighted by molar-refractivity contribution is 5.09. The Balaban J connectivity index is 1.77. The molecular formula is C12H18N4O. The van der Waals surface area contributed by atoms with Crippen molar-refractivity contribution in [2.24, 2.45) is 0 Å². The number of rotatable bonds is 6. The van der Waals surface area contributed by atoms with Crippen LogP contribution in [-0.2, 0) is 19.6 Å². The van der Waals surface area contributed by atoms with Gasteiger partial charge in [-0.1, -0.05) is 12.1 Å². The molecule has 0 spiro atoms. The Morgan fingerprint density at radius 3 is 3.00 bits per heavy atom. The van der Waals surface area contributed by atoms with Gasteiger partial charge in [0, 0.05) is 25.5 Å². The van der Waals surface area contributed by atoms with E-state index in [1.54, 1.807) is 0 Å². The van der Waals surface area contributed by atoms with Gasteiger partial charge < -0.3 is 14.4 Å². The predicted molar refractivity (Wildman–Crippen MR) is 64.3 cm³/mol. The van der Waals surface area contributed by atoms with Crippen molar-refractivity contribution < 1.29 is 4.52 Å². The van der Waals surface area contributed by atoms with Crippen LogP contribution in [0, 0.1) is 6.92 Å². The van der Waals surface area contributed by atoms with Crippen molar-refractivity contribution in [2.45, 2.75) is 39.9 Å². The molecule has 0 atom stereocenters. The fourth-order valence-electron chi connectivity index (χ4n) is 1.72. The molecule has 5 heteroatoms. The van der Waals surface area contributed by atoms with Crippen molar-refractivity contribution in [1.29, 1.82) is 0 Å². The minimum Gasteiger partial charge on any atom is -0.354 e. The second-order valence-electron chi connectivity index (χ2n) is 4.10. The highest BCUT2D eigenvalue weighted by Gasteiger charge is 2.02. The lowest BCUT2D eigenvalue weighted by molar-refractivity contribution is 0.364. The van der Waals surface area contributed by atoms with Crippen molar-refractivity contribution >= 4 is 0 Å². The summed E-state index contributed by atoms with van der Waals surface area (Å²) in [6.07, 6.45) is 5.43. The minimum atomic E-state index is 0.611. The van der Waals surface area contributed by atoms with Crippen LogP contribution in [0.25, 0.3) is 0 Å². The molecule has 1 N–H and O–H groups in total. The normalized spacial score (nSPS) is 10.9. The average Bonchev–Trinajstić information content (AvgIpc) is 2.89. The second-order valence-corrected chi connectivity index (χ2v) is 4.10. The van der Waals surface area contributed by atoms with E-state index in [0.717, 1.165) is 19.5 Å². The summed E-state index contributed by atoms with van der Waals surface area (Å²) >= 11 is 0. The van der Waals surface area contributed by atoms with Crippen LogP contribution in [-0.4, -0.2) is 14.7 Å². The Morgan fingerprint density at radius 1 is 1.41 bits per heavy atom. The molecule has 0 radical (unpaired) electrons. The first kappa shape index (κ1) is 11.9. The fraction of sp³-hybridized carbons (Fsp3) is 0.500. The van der Waals surface area contributed by atoms with Crippen LogP contribution in [0.3, 0.4) is 0 Å². The van der Waals surface area contributed by atoms with Crippen LogP contribution in [0.4, 0.5) is 0 Å². The topological polar surface area (TPSA) is 55.9 Å². The number of aromatic nitrogens is 3. The molecule has 0 fully saturated rings. The molecule has 0 saturated carbocycles. The molecule has 0 amide bonds. The first-order chi connectivity index (χ1) is 8.28. The van der Waals surface area contributed by atoms with Crippen LogP contribution in [0.5, 0.6) is 0 Å². The first-order valence-electron chi connectivity index (χ1n) is 5.92. The molecule has 0 aliphatic carbocycles. The number of hydrogen-bond donors (Lipinski definition) is 1. The second kappa shape index (κ2) is 5.63. The monoisotopic (exact) mass is 234 g/mol. The van der Waals surface area contributed by atoms with Crippen molar-refractivity contribution in [2.75, 3.05) is 0 Å². The molecule has 17 heavy (non-hydrogen) atoms. The third-order valence-electron chi connectivity index (χ3n) is 2.47. The third kappa shape index (κ3) is 3.42. The average molecular weight is 234 g/mol. The highest BCUT2D eigenvalue weighted by atomic mass is 16.5. The van der Waals surface area contributed by atoms with Crippen LogP contribution in [0.2, 0.25) is 0 Å². The Labute approximate surface area is 101 Å². The maximum Gasteiger partial charge on any atom is 0.240 e. The predicted octanol–water partition coefficient (Wildman–Crippen LogP) is 1.88. The number of nitrogens with one attached hydrogen (secondary N) is 1. The molecule has 0 saturated heterocycles. The van der Waals surface area contributed by atoms with Crippen molar-refractivity contribution in [3.63, 3.8) is 0 Å². The van der Waals surface area contributed by atoms with Crippen LogP contribution in [0.1, 0.15) is 30.6 Å². The standard InChI is InChI=1S/C12H18N4O/c1-3-5-16-6-4-11(9-16)7-13-8-12-14-10(2)15-17-12/h4,6,9,13H,3,5,7-8H2,1-2H3. The van der Waals surface area contributed by atoms with Gasteiger partial charge in [0.1, 0.15) is 0 Å². The van der Waals surface area contributed by atoms with E-state index >= 15 is 0 Å². The molecule has 0 bridgehead atoms. The van der Waals surface area contributed by atoms with Gasteiger partial charge in [0.05, 0.1) is 6.54 Å². The van der Waals surface area contributed by atoms with Gasteiger partial charge in [-0.2, -0.15) is 4.98 Å². The van der Waals surface area contributed by atoms with Gasteiger partial charge in [-0.3, -0.25) is 0 Å².